The van der Waals surface area contributed by atoms with Crippen LogP contribution in [0, 0.1) is 26.7 Å². The lowest BCUT2D eigenvalue weighted by Gasteiger charge is -2.29. The van der Waals surface area contributed by atoms with Crippen LogP contribution in [-0.2, 0) is 4.57 Å². The minimum absolute atomic E-state index is 0.170. The SMILES string of the molecule is CCCCC(CC)C[P+](=O)C1(C(=O)c2c(C)cc(C)cc2C)CCCCC1. The van der Waals surface area contributed by atoms with Gasteiger partial charge in [0.25, 0.3) is 0 Å². The van der Waals surface area contributed by atoms with Crippen molar-refractivity contribution in [2.45, 2.75) is 97.6 Å². The Kier molecular flexibility index (Phi) is 8.22. The summed E-state index contributed by atoms with van der Waals surface area (Å²) >= 11 is 0. The zero-order valence-electron chi connectivity index (χ0n) is 18.1. The first-order valence-electron chi connectivity index (χ1n) is 10.9. The Hall–Kier alpha value is -1.01. The molecule has 2 rings (SSSR count). The van der Waals surface area contributed by atoms with Gasteiger partial charge in [0.2, 0.25) is 10.9 Å². The van der Waals surface area contributed by atoms with E-state index < -0.39 is 13.0 Å². The van der Waals surface area contributed by atoms with Gasteiger partial charge in [0.05, 0.1) is 0 Å². The summed E-state index contributed by atoms with van der Waals surface area (Å²) in [5, 5.41) is -0.627. The third kappa shape index (κ3) is 5.08. The topological polar surface area (TPSA) is 34.1 Å². The van der Waals surface area contributed by atoms with E-state index in [2.05, 4.69) is 32.9 Å². The zero-order valence-corrected chi connectivity index (χ0v) is 19.0. The molecule has 0 aromatic heterocycles. The molecule has 3 heteroatoms. The van der Waals surface area contributed by atoms with Crippen LogP contribution in [0.15, 0.2) is 12.1 Å². The Morgan fingerprint density at radius 2 is 1.67 bits per heavy atom. The van der Waals surface area contributed by atoms with Gasteiger partial charge in [-0.1, -0.05) is 55.4 Å². The summed E-state index contributed by atoms with van der Waals surface area (Å²) in [5.74, 6) is 0.657. The monoisotopic (exact) mass is 389 g/mol. The molecule has 150 valence electrons. The fourth-order valence-electron chi connectivity index (χ4n) is 4.82. The number of rotatable bonds is 9. The lowest BCUT2D eigenvalue weighted by Crippen LogP contribution is -2.39. The van der Waals surface area contributed by atoms with Crippen molar-refractivity contribution in [2.75, 3.05) is 6.16 Å². The Morgan fingerprint density at radius 3 is 2.19 bits per heavy atom. The molecule has 0 saturated heterocycles. The summed E-state index contributed by atoms with van der Waals surface area (Å²) in [7, 11) is -1.54. The first-order valence-corrected chi connectivity index (χ1v) is 12.4. The van der Waals surface area contributed by atoms with Crippen LogP contribution in [-0.4, -0.2) is 17.1 Å². The summed E-state index contributed by atoms with van der Waals surface area (Å²) in [6.45, 7) is 10.6. The Labute approximate surface area is 167 Å². The molecule has 2 atom stereocenters. The molecule has 0 heterocycles. The smallest absolute Gasteiger partial charge is 0.289 e. The molecule has 27 heavy (non-hydrogen) atoms. The van der Waals surface area contributed by atoms with Gasteiger partial charge < -0.3 is 0 Å². The number of hydrogen-bond donors (Lipinski definition) is 0. The summed E-state index contributed by atoms with van der Waals surface area (Å²) in [4.78, 5) is 13.8. The molecule has 0 N–H and O–H groups in total. The molecule has 1 fully saturated rings. The van der Waals surface area contributed by atoms with Crippen molar-refractivity contribution in [3.05, 3.63) is 34.4 Å². The number of carbonyl (C=O) groups is 1. The van der Waals surface area contributed by atoms with Gasteiger partial charge in [-0.2, -0.15) is 0 Å². The molecule has 1 saturated carbocycles. The molecule has 2 nitrogen and oxygen atoms in total. The Bertz CT molecular complexity index is 648. The average molecular weight is 390 g/mol. The second-order valence-corrected chi connectivity index (χ2v) is 10.7. The first kappa shape index (κ1) is 22.3. The molecule has 0 radical (unpaired) electrons. The first-order chi connectivity index (χ1) is 12.9. The second-order valence-electron chi connectivity index (χ2n) is 8.67. The average Bonchev–Trinajstić information content (AvgIpc) is 2.64. The third-order valence-corrected chi connectivity index (χ3v) is 8.91. The van der Waals surface area contributed by atoms with Crippen LogP contribution in [0.2, 0.25) is 0 Å². The van der Waals surface area contributed by atoms with Crippen LogP contribution >= 0.6 is 7.80 Å². The number of unbranched alkanes of at least 4 members (excludes halogenated alkanes) is 1. The minimum atomic E-state index is -1.54. The maximum atomic E-state index is 13.8. The molecule has 2 unspecified atom stereocenters. The van der Waals surface area contributed by atoms with Gasteiger partial charge in [0.15, 0.2) is 0 Å². The van der Waals surface area contributed by atoms with Crippen molar-refractivity contribution < 1.29 is 9.36 Å². The summed E-state index contributed by atoms with van der Waals surface area (Å²) in [6.07, 6.45) is 10.1. The minimum Gasteiger partial charge on any atom is -0.289 e. The lowest BCUT2D eigenvalue weighted by atomic mass is 9.80. The fraction of sp³-hybridized carbons (Fsp3) is 0.708. The molecule has 0 spiro atoms. The summed E-state index contributed by atoms with van der Waals surface area (Å²) in [6, 6.07) is 4.19. The fourth-order valence-corrected chi connectivity index (χ4v) is 7.24. The van der Waals surface area contributed by atoms with E-state index in [1.807, 2.05) is 13.8 Å². The molecule has 0 aliphatic heterocycles. The van der Waals surface area contributed by atoms with E-state index in [0.29, 0.717) is 5.92 Å². The van der Waals surface area contributed by atoms with Crippen molar-refractivity contribution >= 4 is 13.6 Å². The zero-order chi connectivity index (χ0) is 20.0. The van der Waals surface area contributed by atoms with Crippen LogP contribution in [0.3, 0.4) is 0 Å². The number of Topliss-reactive ketones (excluding diaryl/α,β-unsaturated/α-hetero) is 1. The molecular formula is C24H38O2P+. The normalized spacial score (nSPS) is 18.2. The number of benzene rings is 1. The van der Waals surface area contributed by atoms with E-state index >= 15 is 0 Å². The number of hydrogen-bond acceptors (Lipinski definition) is 2. The third-order valence-electron chi connectivity index (χ3n) is 6.45. The quantitative estimate of drug-likeness (QED) is 0.323. The predicted molar refractivity (Wildman–Crippen MR) is 117 cm³/mol. The van der Waals surface area contributed by atoms with Crippen LogP contribution < -0.4 is 0 Å². The van der Waals surface area contributed by atoms with Gasteiger partial charge >= 0.3 is 7.80 Å². The van der Waals surface area contributed by atoms with Gasteiger partial charge in [-0.3, -0.25) is 4.79 Å². The van der Waals surface area contributed by atoms with Crippen LogP contribution in [0.1, 0.15) is 98.7 Å². The van der Waals surface area contributed by atoms with E-state index in [-0.39, 0.29) is 5.78 Å². The summed E-state index contributed by atoms with van der Waals surface area (Å²) < 4.78 is 13.7. The molecule has 1 aromatic carbocycles. The van der Waals surface area contributed by atoms with Gasteiger partial charge in [0, 0.05) is 24.3 Å². The van der Waals surface area contributed by atoms with Gasteiger partial charge in [-0.05, 0) is 57.6 Å². The number of carbonyl (C=O) groups excluding carboxylic acids is 1. The largest absolute Gasteiger partial charge is 0.353 e. The molecule has 1 aromatic rings. The van der Waals surface area contributed by atoms with Crippen molar-refractivity contribution in [2.24, 2.45) is 5.92 Å². The molecule has 0 amide bonds. The van der Waals surface area contributed by atoms with E-state index in [0.717, 1.165) is 67.8 Å². The van der Waals surface area contributed by atoms with E-state index in [1.165, 1.54) is 18.4 Å². The Balaban J connectivity index is 2.36. The molecule has 0 bridgehead atoms. The van der Waals surface area contributed by atoms with Gasteiger partial charge in [-0.25, -0.2) is 0 Å². The lowest BCUT2D eigenvalue weighted by molar-refractivity contribution is 0.0911. The maximum absolute atomic E-state index is 13.8. The van der Waals surface area contributed by atoms with Crippen molar-refractivity contribution in [3.63, 3.8) is 0 Å². The number of aryl methyl sites for hydroxylation is 3. The van der Waals surface area contributed by atoms with Crippen molar-refractivity contribution in [3.8, 4) is 0 Å². The number of ketones is 1. The van der Waals surface area contributed by atoms with Crippen molar-refractivity contribution in [1.82, 2.24) is 0 Å². The van der Waals surface area contributed by atoms with E-state index in [4.69, 9.17) is 0 Å². The highest BCUT2D eigenvalue weighted by atomic mass is 31.1. The summed E-state index contributed by atoms with van der Waals surface area (Å²) in [5.41, 5.74) is 4.12. The highest BCUT2D eigenvalue weighted by molar-refractivity contribution is 7.48. The van der Waals surface area contributed by atoms with Gasteiger partial charge in [0.1, 0.15) is 6.16 Å². The van der Waals surface area contributed by atoms with Gasteiger partial charge in [-0.15, -0.1) is 0 Å². The second kappa shape index (κ2) is 9.97. The van der Waals surface area contributed by atoms with Crippen LogP contribution in [0.5, 0.6) is 0 Å². The van der Waals surface area contributed by atoms with Crippen LogP contribution in [0.4, 0.5) is 0 Å². The van der Waals surface area contributed by atoms with E-state index in [9.17, 15) is 9.36 Å². The Morgan fingerprint density at radius 1 is 1.07 bits per heavy atom. The van der Waals surface area contributed by atoms with Crippen molar-refractivity contribution in [1.29, 1.82) is 0 Å². The standard InChI is InChI=1S/C24H38O2P/c1-6-8-12-21(7-2)17-27(26)24(13-10-9-11-14-24)23(25)22-19(4)15-18(3)16-20(22)5/h15-16,21H,6-14,17H2,1-5H3/q+1. The maximum Gasteiger partial charge on any atom is 0.353 e. The molecule has 1 aliphatic carbocycles. The van der Waals surface area contributed by atoms with E-state index in [1.54, 1.807) is 0 Å². The van der Waals surface area contributed by atoms with Crippen LogP contribution in [0.25, 0.3) is 0 Å². The highest BCUT2D eigenvalue weighted by Gasteiger charge is 2.56. The molecule has 1 aliphatic rings. The highest BCUT2D eigenvalue weighted by Crippen LogP contribution is 2.52. The predicted octanol–water partition coefficient (Wildman–Crippen LogP) is 7.54. The molecular weight excluding hydrogens is 351 g/mol.